The summed E-state index contributed by atoms with van der Waals surface area (Å²) in [5.74, 6) is 0.928. The molecule has 2 unspecified atom stereocenters. The molecule has 0 saturated heterocycles. The van der Waals surface area contributed by atoms with Gasteiger partial charge in [0, 0.05) is 6.42 Å². The van der Waals surface area contributed by atoms with E-state index in [2.05, 4.69) is 107 Å². The van der Waals surface area contributed by atoms with E-state index in [1.807, 2.05) is 0 Å². The molecule has 1 aliphatic carbocycles. The fourth-order valence-electron chi connectivity index (χ4n) is 3.09. The van der Waals surface area contributed by atoms with E-state index in [0.717, 1.165) is 12.2 Å². The van der Waals surface area contributed by atoms with Crippen LogP contribution in [-0.2, 0) is 10.9 Å². The van der Waals surface area contributed by atoms with Crippen molar-refractivity contribution in [2.24, 2.45) is 0 Å². The molecule has 0 aliphatic heterocycles. The lowest BCUT2D eigenvalue weighted by Crippen LogP contribution is -2.34. The Labute approximate surface area is 154 Å². The van der Waals surface area contributed by atoms with E-state index < -0.39 is 0 Å². The summed E-state index contributed by atoms with van der Waals surface area (Å²) in [6, 6.07) is 19.5. The maximum absolute atomic E-state index is 5.99. The molecule has 0 fully saturated rings. The third kappa shape index (κ3) is 4.38. The highest BCUT2D eigenvalue weighted by molar-refractivity contribution is 7.98. The maximum Gasteiger partial charge on any atom is 0.161 e. The molecule has 3 rings (SSSR count). The summed E-state index contributed by atoms with van der Waals surface area (Å²) in [6.45, 7) is 8.60. The molecule has 0 heterocycles. The lowest BCUT2D eigenvalue weighted by atomic mass is 10.0. The number of hydrogen-bond donors (Lipinski definition) is 0. The molecule has 0 N–H and O–H groups in total. The summed E-state index contributed by atoms with van der Waals surface area (Å²) in [7, 11) is -0.0283. The van der Waals surface area contributed by atoms with Crippen LogP contribution in [0.4, 0.5) is 0 Å². The Bertz CT molecular complexity index is 753. The number of benzene rings is 2. The second-order valence-electron chi connectivity index (χ2n) is 7.61. The molecule has 0 aromatic heterocycles. The molecule has 2 aromatic carbocycles. The summed E-state index contributed by atoms with van der Waals surface area (Å²) < 4.78 is 6.09. The average molecular weight is 352 g/mol. The first-order chi connectivity index (χ1) is 11.9. The minimum Gasteiger partial charge on any atom is -0.488 e. The van der Waals surface area contributed by atoms with Crippen molar-refractivity contribution in [2.75, 3.05) is 0 Å². The molecule has 130 valence electrons. The van der Waals surface area contributed by atoms with Crippen LogP contribution in [0.2, 0.25) is 0 Å². The minimum atomic E-state index is -0.175. The lowest BCUT2D eigenvalue weighted by Gasteiger charge is -2.27. The van der Waals surface area contributed by atoms with E-state index in [1.165, 1.54) is 9.79 Å². The molecule has 2 aromatic rings. The molecule has 2 atom stereocenters. The van der Waals surface area contributed by atoms with Crippen molar-refractivity contribution in [3.63, 3.8) is 0 Å². The molecule has 0 amide bonds. The summed E-state index contributed by atoms with van der Waals surface area (Å²) in [5, 5.41) is 0. The van der Waals surface area contributed by atoms with Gasteiger partial charge in [0.15, 0.2) is 14.5 Å². The molecule has 0 spiro atoms. The highest BCUT2D eigenvalue weighted by Crippen LogP contribution is 2.40. The van der Waals surface area contributed by atoms with E-state index in [1.54, 1.807) is 0 Å². The Morgan fingerprint density at radius 1 is 0.880 bits per heavy atom. The van der Waals surface area contributed by atoms with Gasteiger partial charge >= 0.3 is 0 Å². The van der Waals surface area contributed by atoms with Crippen LogP contribution in [0.25, 0.3) is 0 Å². The van der Waals surface area contributed by atoms with Crippen molar-refractivity contribution in [1.29, 1.82) is 0 Å². The summed E-state index contributed by atoms with van der Waals surface area (Å²) in [6.07, 6.45) is 10.0. The molecule has 25 heavy (non-hydrogen) atoms. The molecule has 1 aliphatic rings. The van der Waals surface area contributed by atoms with Gasteiger partial charge in [-0.3, -0.25) is 0 Å². The Morgan fingerprint density at radius 2 is 1.52 bits per heavy atom. The van der Waals surface area contributed by atoms with Gasteiger partial charge in [-0.2, -0.15) is 0 Å². The van der Waals surface area contributed by atoms with Gasteiger partial charge in [0.2, 0.25) is 0 Å². The summed E-state index contributed by atoms with van der Waals surface area (Å²) in [4.78, 5) is 2.74. The first kappa shape index (κ1) is 17.9. The maximum atomic E-state index is 5.99. The highest BCUT2D eigenvalue weighted by atomic mass is 32.2. The third-order valence-electron chi connectivity index (χ3n) is 4.15. The van der Waals surface area contributed by atoms with Crippen LogP contribution in [0.15, 0.2) is 88.7 Å². The quantitative estimate of drug-likeness (QED) is 0.598. The van der Waals surface area contributed by atoms with Crippen molar-refractivity contribution in [2.45, 2.75) is 54.3 Å². The van der Waals surface area contributed by atoms with Gasteiger partial charge < -0.3 is 4.74 Å². The third-order valence-corrected chi connectivity index (χ3v) is 6.87. The van der Waals surface area contributed by atoms with Crippen LogP contribution in [-0.4, -0.2) is 10.3 Å². The van der Waals surface area contributed by atoms with E-state index >= 15 is 0 Å². The normalized spacial score (nSPS) is 21.1. The topological polar surface area (TPSA) is 9.23 Å². The fourth-order valence-corrected chi connectivity index (χ4v) is 5.75. The first-order valence-corrected chi connectivity index (χ1v) is 10.0. The summed E-state index contributed by atoms with van der Waals surface area (Å²) >= 11 is 0. The van der Waals surface area contributed by atoms with Crippen molar-refractivity contribution >= 4 is 10.9 Å². The Balaban J connectivity index is 1.98. The monoisotopic (exact) mass is 351 g/mol. The van der Waals surface area contributed by atoms with Crippen molar-refractivity contribution < 1.29 is 4.74 Å². The molecule has 1 nitrogen and oxygen atoms in total. The molecule has 2 heteroatoms. The zero-order valence-corrected chi connectivity index (χ0v) is 16.3. The Kier molecular flexibility index (Phi) is 5.10. The van der Waals surface area contributed by atoms with E-state index in [-0.39, 0.29) is 21.2 Å². The zero-order chi connectivity index (χ0) is 17.9. The van der Waals surface area contributed by atoms with Gasteiger partial charge in [-0.1, -0.05) is 36.4 Å². The molecular formula is C23H27OS+. The number of rotatable bonds is 4. The van der Waals surface area contributed by atoms with Crippen molar-refractivity contribution in [3.8, 4) is 5.75 Å². The predicted molar refractivity (Wildman–Crippen MR) is 108 cm³/mol. The molecule has 0 radical (unpaired) electrons. The number of ether oxygens (including phenoxy) is 1. The van der Waals surface area contributed by atoms with Crippen LogP contribution in [0, 0.1) is 0 Å². The second-order valence-corrected chi connectivity index (χ2v) is 10.1. The first-order valence-electron chi connectivity index (χ1n) is 8.80. The lowest BCUT2D eigenvalue weighted by molar-refractivity contribution is 0.131. The van der Waals surface area contributed by atoms with Gasteiger partial charge in [0.05, 0.1) is 10.9 Å². The van der Waals surface area contributed by atoms with Crippen molar-refractivity contribution in [1.82, 2.24) is 0 Å². The second kappa shape index (κ2) is 7.13. The molecular weight excluding hydrogens is 324 g/mol. The Morgan fingerprint density at radius 3 is 2.08 bits per heavy atom. The highest BCUT2D eigenvalue weighted by Gasteiger charge is 2.44. The smallest absolute Gasteiger partial charge is 0.161 e. The van der Waals surface area contributed by atoms with E-state index in [4.69, 9.17) is 4.74 Å². The standard InChI is InChI=1S/C23H27OS/c1-22(2,3)24-19-13-15-21(16-14-19)25(20-11-7-5-8-12-20)23(4)17-9-6-10-18-23/h5-17H,18H2,1-4H3/q+1. The van der Waals surface area contributed by atoms with Gasteiger partial charge in [-0.05, 0) is 70.2 Å². The average Bonchev–Trinajstić information content (AvgIpc) is 2.57. The van der Waals surface area contributed by atoms with Crippen LogP contribution in [0.5, 0.6) is 5.75 Å². The predicted octanol–water partition coefficient (Wildman–Crippen LogP) is 6.18. The van der Waals surface area contributed by atoms with Crippen molar-refractivity contribution in [3.05, 3.63) is 78.9 Å². The van der Waals surface area contributed by atoms with E-state index in [9.17, 15) is 0 Å². The van der Waals surface area contributed by atoms with Crippen LogP contribution in [0.3, 0.4) is 0 Å². The largest absolute Gasteiger partial charge is 0.488 e. The number of allylic oxidation sites excluding steroid dienone is 3. The van der Waals surface area contributed by atoms with Gasteiger partial charge in [0.1, 0.15) is 11.4 Å². The van der Waals surface area contributed by atoms with Gasteiger partial charge in [-0.15, -0.1) is 0 Å². The number of hydrogen-bond acceptors (Lipinski definition) is 1. The van der Waals surface area contributed by atoms with Gasteiger partial charge in [0.25, 0.3) is 0 Å². The van der Waals surface area contributed by atoms with Crippen LogP contribution >= 0.6 is 0 Å². The summed E-state index contributed by atoms with van der Waals surface area (Å²) in [5.41, 5.74) is -0.175. The molecule has 0 bridgehead atoms. The van der Waals surface area contributed by atoms with Gasteiger partial charge in [-0.25, -0.2) is 0 Å². The van der Waals surface area contributed by atoms with E-state index in [0.29, 0.717) is 0 Å². The van der Waals surface area contributed by atoms with Crippen LogP contribution in [0.1, 0.15) is 34.1 Å². The molecule has 0 saturated carbocycles. The Hall–Kier alpha value is -1.93. The van der Waals surface area contributed by atoms with Crippen LogP contribution < -0.4 is 4.74 Å². The fraction of sp³-hybridized carbons (Fsp3) is 0.304. The minimum absolute atomic E-state index is 0.0283. The SMILES string of the molecule is CC(C)(C)Oc1ccc([S+](c2ccccc2)C2(C)C=CC=CC2)cc1. The zero-order valence-electron chi connectivity index (χ0n) is 15.5.